The quantitative estimate of drug-likeness (QED) is 0.667. The lowest BCUT2D eigenvalue weighted by Crippen LogP contribution is -2.37. The van der Waals surface area contributed by atoms with Gasteiger partial charge in [-0.15, -0.1) is 0 Å². The molecule has 0 saturated heterocycles. The van der Waals surface area contributed by atoms with Gasteiger partial charge >= 0.3 is 0 Å². The van der Waals surface area contributed by atoms with Crippen LogP contribution in [0, 0.1) is 11.3 Å². The topological polar surface area (TPSA) is 82.0 Å². The van der Waals surface area contributed by atoms with E-state index in [9.17, 15) is 9.59 Å². The van der Waals surface area contributed by atoms with E-state index in [4.69, 9.17) is 5.26 Å². The highest BCUT2D eigenvalue weighted by Crippen LogP contribution is 2.27. The molecule has 0 aliphatic heterocycles. The van der Waals surface area contributed by atoms with Crippen LogP contribution in [0.3, 0.4) is 0 Å². The van der Waals surface area contributed by atoms with Crippen LogP contribution in [0.5, 0.6) is 0 Å². The maximum absolute atomic E-state index is 12.1. The number of benzene rings is 2. The zero-order valence-electron chi connectivity index (χ0n) is 14.7. The minimum Gasteiger partial charge on any atom is -0.373 e. The van der Waals surface area contributed by atoms with Crippen molar-refractivity contribution in [3.63, 3.8) is 0 Å². The second kappa shape index (κ2) is 7.24. The molecule has 0 aliphatic rings. The molecule has 1 atom stereocenters. The molecule has 0 unspecified atom stereocenters. The van der Waals surface area contributed by atoms with Gasteiger partial charge in [0.15, 0.2) is 0 Å². The first-order valence-electron chi connectivity index (χ1n) is 8.50. The zero-order valence-corrected chi connectivity index (χ0v) is 14.7. The molecule has 0 radical (unpaired) electrons. The average molecular weight is 345 g/mol. The van der Waals surface area contributed by atoms with E-state index in [1.54, 1.807) is 18.2 Å². The van der Waals surface area contributed by atoms with Crippen LogP contribution in [0.1, 0.15) is 36.6 Å². The smallest absolute Gasteiger partial charge is 0.253 e. The summed E-state index contributed by atoms with van der Waals surface area (Å²) in [4.78, 5) is 24.1. The molecular formula is C21H19N3O2. The van der Waals surface area contributed by atoms with Gasteiger partial charge in [0.2, 0.25) is 0 Å². The van der Waals surface area contributed by atoms with Gasteiger partial charge < -0.3 is 10.6 Å². The molecule has 0 aliphatic carbocycles. The summed E-state index contributed by atoms with van der Waals surface area (Å²) in [6.07, 6.45) is 0.705. The molecule has 2 N–H and O–H groups in total. The van der Waals surface area contributed by atoms with E-state index in [0.717, 1.165) is 16.8 Å². The average Bonchev–Trinajstić information content (AvgIpc) is 2.70. The molecule has 0 spiro atoms. The molecule has 3 rings (SSSR count). The summed E-state index contributed by atoms with van der Waals surface area (Å²) in [5.74, 6) is 0. The maximum Gasteiger partial charge on any atom is 0.253 e. The van der Waals surface area contributed by atoms with Gasteiger partial charge in [0.25, 0.3) is 10.9 Å². The summed E-state index contributed by atoms with van der Waals surface area (Å²) in [5, 5.41) is 15.2. The second-order valence-electron chi connectivity index (χ2n) is 6.15. The minimum absolute atomic E-state index is 0.105. The fourth-order valence-corrected chi connectivity index (χ4v) is 2.90. The number of nitrogens with one attached hydrogen (secondary N) is 2. The Morgan fingerprint density at radius 3 is 2.38 bits per heavy atom. The first-order chi connectivity index (χ1) is 12.5. The van der Waals surface area contributed by atoms with Crippen molar-refractivity contribution in [3.05, 3.63) is 85.7 Å². The summed E-state index contributed by atoms with van der Waals surface area (Å²) in [6.45, 7) is 3.91. The van der Waals surface area contributed by atoms with E-state index in [1.807, 2.05) is 44.2 Å². The van der Waals surface area contributed by atoms with Crippen LogP contribution in [-0.4, -0.2) is 0 Å². The molecule has 5 nitrogen and oxygen atoms in total. The predicted octanol–water partition coefficient (Wildman–Crippen LogP) is 3.63. The molecule has 3 aromatic carbocycles. The van der Waals surface area contributed by atoms with E-state index in [2.05, 4.69) is 16.7 Å². The van der Waals surface area contributed by atoms with Crippen LogP contribution in [0.2, 0.25) is 0 Å². The molecule has 0 saturated carbocycles. The van der Waals surface area contributed by atoms with E-state index >= 15 is 0 Å². The van der Waals surface area contributed by atoms with Gasteiger partial charge in [-0.05, 0) is 42.7 Å². The first kappa shape index (κ1) is 17.4. The number of nitrogens with zero attached hydrogens (tertiary/aromatic N) is 1. The molecule has 5 heteroatoms. The summed E-state index contributed by atoms with van der Waals surface area (Å²) < 4.78 is 0. The fraction of sp³-hybridized carbons (Fsp3) is 0.190. The maximum atomic E-state index is 12.1. The van der Waals surface area contributed by atoms with Crippen molar-refractivity contribution in [2.75, 3.05) is 10.6 Å². The highest BCUT2D eigenvalue weighted by Gasteiger charge is 2.23. The Morgan fingerprint density at radius 1 is 1.04 bits per heavy atom. The SMILES string of the molecule is CCc1cc(C#N)ccc1Nc1c(N[C@H](C)c2ccccc2)c(=O)c1=O. The Bertz CT molecular complexity index is 1040. The minimum atomic E-state index is -0.529. The second-order valence-corrected chi connectivity index (χ2v) is 6.15. The number of rotatable bonds is 6. The van der Waals surface area contributed by atoms with Gasteiger partial charge in [0.1, 0.15) is 11.4 Å². The van der Waals surface area contributed by atoms with Crippen molar-refractivity contribution in [2.45, 2.75) is 26.3 Å². The Balaban J connectivity index is 1.87. The third-order valence-corrected chi connectivity index (χ3v) is 4.45. The summed E-state index contributed by atoms with van der Waals surface area (Å²) in [6, 6.07) is 17.0. The van der Waals surface area contributed by atoms with Gasteiger partial charge in [0.05, 0.1) is 11.6 Å². The molecule has 3 aromatic rings. The molecule has 0 bridgehead atoms. The molecule has 0 heterocycles. The van der Waals surface area contributed by atoms with E-state index < -0.39 is 10.9 Å². The highest BCUT2D eigenvalue weighted by atomic mass is 16.2. The van der Waals surface area contributed by atoms with Crippen molar-refractivity contribution in [1.29, 1.82) is 5.26 Å². The van der Waals surface area contributed by atoms with E-state index in [-0.39, 0.29) is 11.7 Å². The molecule has 0 aromatic heterocycles. The zero-order chi connectivity index (χ0) is 18.7. The number of hydrogen-bond acceptors (Lipinski definition) is 5. The Labute approximate surface area is 151 Å². The van der Waals surface area contributed by atoms with Crippen molar-refractivity contribution in [2.24, 2.45) is 0 Å². The number of hydrogen-bond donors (Lipinski definition) is 2. The van der Waals surface area contributed by atoms with E-state index in [0.29, 0.717) is 17.7 Å². The predicted molar refractivity (Wildman–Crippen MR) is 104 cm³/mol. The van der Waals surface area contributed by atoms with Gasteiger partial charge in [-0.2, -0.15) is 5.26 Å². The lowest BCUT2D eigenvalue weighted by atomic mass is 10.0. The summed E-state index contributed by atoms with van der Waals surface area (Å²) >= 11 is 0. The van der Waals surface area contributed by atoms with Gasteiger partial charge in [-0.1, -0.05) is 37.3 Å². The third-order valence-electron chi connectivity index (χ3n) is 4.45. The molecule has 0 fully saturated rings. The third kappa shape index (κ3) is 3.22. The van der Waals surface area contributed by atoms with Crippen LogP contribution in [0.4, 0.5) is 17.1 Å². The first-order valence-corrected chi connectivity index (χ1v) is 8.50. The Morgan fingerprint density at radius 2 is 1.73 bits per heavy atom. The Kier molecular flexibility index (Phi) is 4.85. The van der Waals surface area contributed by atoms with Crippen molar-refractivity contribution >= 4 is 17.1 Å². The fourth-order valence-electron chi connectivity index (χ4n) is 2.90. The van der Waals surface area contributed by atoms with Gasteiger partial charge in [0, 0.05) is 11.7 Å². The van der Waals surface area contributed by atoms with Crippen LogP contribution >= 0.6 is 0 Å². The highest BCUT2D eigenvalue weighted by molar-refractivity contribution is 5.80. The lowest BCUT2D eigenvalue weighted by molar-refractivity contribution is 0.880. The number of anilines is 3. The van der Waals surface area contributed by atoms with Crippen LogP contribution < -0.4 is 21.5 Å². The van der Waals surface area contributed by atoms with Crippen LogP contribution in [0.15, 0.2) is 58.1 Å². The van der Waals surface area contributed by atoms with Crippen LogP contribution in [-0.2, 0) is 6.42 Å². The molecule has 0 amide bonds. The van der Waals surface area contributed by atoms with Crippen molar-refractivity contribution in [1.82, 2.24) is 0 Å². The standard InChI is InChI=1S/C21H19N3O2/c1-3-15-11-14(12-22)9-10-17(15)24-19-18(20(25)21(19)26)23-13(2)16-7-5-4-6-8-16/h4-11,13,23-24H,3H2,1-2H3/t13-/m1/s1. The van der Waals surface area contributed by atoms with E-state index in [1.165, 1.54) is 0 Å². The van der Waals surface area contributed by atoms with Crippen molar-refractivity contribution in [3.8, 4) is 6.07 Å². The largest absolute Gasteiger partial charge is 0.373 e. The number of aryl methyl sites for hydroxylation is 1. The normalized spacial score (nSPS) is 11.7. The van der Waals surface area contributed by atoms with Crippen molar-refractivity contribution < 1.29 is 0 Å². The lowest BCUT2D eigenvalue weighted by Gasteiger charge is -2.20. The summed E-state index contributed by atoms with van der Waals surface area (Å²) in [5.41, 5.74) is 2.77. The van der Waals surface area contributed by atoms with Gasteiger partial charge in [-0.25, -0.2) is 0 Å². The molecular weight excluding hydrogens is 326 g/mol. The van der Waals surface area contributed by atoms with Gasteiger partial charge in [-0.3, -0.25) is 9.59 Å². The van der Waals surface area contributed by atoms with Crippen LogP contribution in [0.25, 0.3) is 0 Å². The summed E-state index contributed by atoms with van der Waals surface area (Å²) in [7, 11) is 0. The molecule has 26 heavy (non-hydrogen) atoms. The molecule has 130 valence electrons. The monoisotopic (exact) mass is 345 g/mol. The number of nitriles is 1. The Hall–Kier alpha value is -3.39.